The molecular formula is C20H19NO3. The highest BCUT2D eigenvalue weighted by molar-refractivity contribution is 6.22. The van der Waals surface area contributed by atoms with Crippen molar-refractivity contribution in [1.82, 2.24) is 0 Å². The molecule has 0 aromatic heterocycles. The topological polar surface area (TPSA) is 46.6 Å². The molecule has 0 radical (unpaired) electrons. The number of amides is 2. The van der Waals surface area contributed by atoms with E-state index in [1.54, 1.807) is 24.3 Å². The highest BCUT2D eigenvalue weighted by atomic mass is 16.5. The zero-order chi connectivity index (χ0) is 16.5. The van der Waals surface area contributed by atoms with Gasteiger partial charge < -0.3 is 4.74 Å². The summed E-state index contributed by atoms with van der Waals surface area (Å²) in [6.07, 6.45) is 3.75. The number of fused-ring (bicyclic) bond motifs is 1. The number of benzene rings is 2. The lowest BCUT2D eigenvalue weighted by Gasteiger charge is -2.19. The Labute approximate surface area is 141 Å². The van der Waals surface area contributed by atoms with Gasteiger partial charge in [0.15, 0.2) is 0 Å². The summed E-state index contributed by atoms with van der Waals surface area (Å²) in [5.74, 6) is 1.12. The molecule has 4 nitrogen and oxygen atoms in total. The van der Waals surface area contributed by atoms with Crippen molar-refractivity contribution in [2.45, 2.75) is 25.7 Å². The van der Waals surface area contributed by atoms with E-state index < -0.39 is 0 Å². The fourth-order valence-electron chi connectivity index (χ4n) is 3.70. The Balaban J connectivity index is 1.54. The number of carbonyl (C=O) groups is 2. The minimum Gasteiger partial charge on any atom is -0.457 e. The highest BCUT2D eigenvalue weighted by Crippen LogP contribution is 2.40. The van der Waals surface area contributed by atoms with Crippen LogP contribution in [0.25, 0.3) is 0 Å². The number of hydrogen-bond donors (Lipinski definition) is 0. The summed E-state index contributed by atoms with van der Waals surface area (Å²) in [6, 6.07) is 16.7. The molecule has 1 saturated heterocycles. The lowest BCUT2D eigenvalue weighted by molar-refractivity contribution is -0.122. The summed E-state index contributed by atoms with van der Waals surface area (Å²) in [6.45, 7) is 0. The van der Waals surface area contributed by atoms with Gasteiger partial charge in [0.05, 0.1) is 17.5 Å². The van der Waals surface area contributed by atoms with Crippen LogP contribution in [0.2, 0.25) is 0 Å². The van der Waals surface area contributed by atoms with Crippen LogP contribution < -0.4 is 9.64 Å². The second-order valence-corrected chi connectivity index (χ2v) is 6.42. The number of nitrogens with zero attached hydrogens (tertiary/aromatic N) is 1. The first kappa shape index (κ1) is 14.9. The van der Waals surface area contributed by atoms with Crippen molar-refractivity contribution in [2.75, 3.05) is 4.90 Å². The van der Waals surface area contributed by atoms with Gasteiger partial charge in [-0.15, -0.1) is 0 Å². The van der Waals surface area contributed by atoms with Gasteiger partial charge in [0, 0.05) is 0 Å². The van der Waals surface area contributed by atoms with Crippen molar-refractivity contribution in [3.8, 4) is 11.5 Å². The van der Waals surface area contributed by atoms with Gasteiger partial charge in [0.1, 0.15) is 11.5 Å². The van der Waals surface area contributed by atoms with E-state index in [4.69, 9.17) is 4.74 Å². The van der Waals surface area contributed by atoms with Crippen molar-refractivity contribution in [3.05, 3.63) is 54.6 Å². The van der Waals surface area contributed by atoms with E-state index in [0.717, 1.165) is 31.4 Å². The molecule has 2 aromatic carbocycles. The van der Waals surface area contributed by atoms with Gasteiger partial charge in [-0.25, -0.2) is 0 Å². The molecule has 122 valence electrons. The molecule has 4 heteroatoms. The zero-order valence-corrected chi connectivity index (χ0v) is 13.4. The Morgan fingerprint density at radius 2 is 1.29 bits per heavy atom. The van der Waals surface area contributed by atoms with E-state index in [1.165, 1.54) is 4.90 Å². The average molecular weight is 321 g/mol. The molecule has 1 aliphatic carbocycles. The fraction of sp³-hybridized carbons (Fsp3) is 0.300. The van der Waals surface area contributed by atoms with E-state index in [1.807, 2.05) is 30.3 Å². The maximum absolute atomic E-state index is 12.6. The first-order valence-electron chi connectivity index (χ1n) is 8.45. The molecule has 1 saturated carbocycles. The first-order chi connectivity index (χ1) is 11.7. The third kappa shape index (κ3) is 2.58. The Bertz CT molecular complexity index is 730. The predicted molar refractivity (Wildman–Crippen MR) is 90.9 cm³/mol. The SMILES string of the molecule is O=C1[C@H]2CCCC[C@@H]2C(=O)N1c1ccc(Oc2ccccc2)cc1. The smallest absolute Gasteiger partial charge is 0.237 e. The average Bonchev–Trinajstić information content (AvgIpc) is 2.88. The third-order valence-electron chi connectivity index (χ3n) is 4.91. The minimum atomic E-state index is -0.119. The molecule has 0 spiro atoms. The van der Waals surface area contributed by atoms with Crippen molar-refractivity contribution in [1.29, 1.82) is 0 Å². The standard InChI is InChI=1S/C20H19NO3/c22-19-17-8-4-5-9-18(17)20(23)21(19)14-10-12-16(13-11-14)24-15-6-2-1-3-7-15/h1-3,6-7,10-13,17-18H,4-5,8-9H2/t17-,18-/m0/s1. The monoisotopic (exact) mass is 321 g/mol. The number of para-hydroxylation sites is 1. The van der Waals surface area contributed by atoms with Gasteiger partial charge in [0.25, 0.3) is 0 Å². The molecule has 2 aliphatic rings. The quantitative estimate of drug-likeness (QED) is 0.798. The van der Waals surface area contributed by atoms with Crippen molar-refractivity contribution < 1.29 is 14.3 Å². The fourth-order valence-corrected chi connectivity index (χ4v) is 3.70. The van der Waals surface area contributed by atoms with Gasteiger partial charge in [-0.3, -0.25) is 14.5 Å². The van der Waals surface area contributed by atoms with Gasteiger partial charge in [-0.05, 0) is 49.2 Å². The molecule has 24 heavy (non-hydrogen) atoms. The first-order valence-corrected chi connectivity index (χ1v) is 8.45. The van der Waals surface area contributed by atoms with Crippen LogP contribution in [-0.2, 0) is 9.59 Å². The number of hydrogen-bond acceptors (Lipinski definition) is 3. The summed E-state index contributed by atoms with van der Waals surface area (Å²) in [4.78, 5) is 26.6. The third-order valence-corrected chi connectivity index (χ3v) is 4.91. The van der Waals surface area contributed by atoms with E-state index >= 15 is 0 Å². The van der Waals surface area contributed by atoms with Crippen molar-refractivity contribution >= 4 is 17.5 Å². The molecule has 1 heterocycles. The van der Waals surface area contributed by atoms with Crippen molar-refractivity contribution in [3.63, 3.8) is 0 Å². The molecule has 0 unspecified atom stereocenters. The second-order valence-electron chi connectivity index (χ2n) is 6.42. The normalized spacial score (nSPS) is 23.2. The van der Waals surface area contributed by atoms with Crippen LogP contribution in [0.15, 0.2) is 54.6 Å². The summed E-state index contributed by atoms with van der Waals surface area (Å²) in [7, 11) is 0. The number of ether oxygens (including phenoxy) is 1. The summed E-state index contributed by atoms with van der Waals surface area (Å²) >= 11 is 0. The maximum atomic E-state index is 12.6. The molecule has 2 amide bonds. The Hall–Kier alpha value is -2.62. The van der Waals surface area contributed by atoms with Crippen LogP contribution in [0.3, 0.4) is 0 Å². The van der Waals surface area contributed by atoms with Gasteiger partial charge in [-0.2, -0.15) is 0 Å². The van der Waals surface area contributed by atoms with Crippen LogP contribution in [0.1, 0.15) is 25.7 Å². The van der Waals surface area contributed by atoms with E-state index in [0.29, 0.717) is 11.4 Å². The Kier molecular flexibility index (Phi) is 3.81. The number of carbonyl (C=O) groups excluding carboxylic acids is 2. The Morgan fingerprint density at radius 1 is 0.750 bits per heavy atom. The van der Waals surface area contributed by atoms with Crippen molar-refractivity contribution in [2.24, 2.45) is 11.8 Å². The molecule has 0 N–H and O–H groups in total. The molecule has 2 atom stereocenters. The zero-order valence-electron chi connectivity index (χ0n) is 13.4. The van der Waals surface area contributed by atoms with Crippen LogP contribution in [0, 0.1) is 11.8 Å². The Morgan fingerprint density at radius 3 is 1.88 bits per heavy atom. The predicted octanol–water partition coefficient (Wildman–Crippen LogP) is 4.16. The van der Waals surface area contributed by atoms with E-state index in [-0.39, 0.29) is 23.7 Å². The van der Waals surface area contributed by atoms with Gasteiger partial charge in [0.2, 0.25) is 11.8 Å². The van der Waals surface area contributed by atoms with Crippen LogP contribution >= 0.6 is 0 Å². The molecule has 2 aromatic rings. The highest BCUT2D eigenvalue weighted by Gasteiger charge is 2.48. The van der Waals surface area contributed by atoms with Crippen LogP contribution in [0.5, 0.6) is 11.5 Å². The van der Waals surface area contributed by atoms with E-state index in [9.17, 15) is 9.59 Å². The number of anilines is 1. The molecule has 2 fully saturated rings. The molecular weight excluding hydrogens is 302 g/mol. The molecule has 4 rings (SSSR count). The van der Waals surface area contributed by atoms with Crippen LogP contribution in [-0.4, -0.2) is 11.8 Å². The molecule has 0 bridgehead atoms. The maximum Gasteiger partial charge on any atom is 0.237 e. The lowest BCUT2D eigenvalue weighted by Crippen LogP contribution is -2.30. The second kappa shape index (κ2) is 6.11. The number of imide groups is 1. The molecule has 1 aliphatic heterocycles. The van der Waals surface area contributed by atoms with Gasteiger partial charge in [-0.1, -0.05) is 31.0 Å². The minimum absolute atomic E-state index is 0.0403. The summed E-state index contributed by atoms with van der Waals surface area (Å²) in [5.41, 5.74) is 0.639. The lowest BCUT2D eigenvalue weighted by atomic mass is 9.81. The number of rotatable bonds is 3. The van der Waals surface area contributed by atoms with Crippen LogP contribution in [0.4, 0.5) is 5.69 Å². The van der Waals surface area contributed by atoms with Gasteiger partial charge >= 0.3 is 0 Å². The largest absolute Gasteiger partial charge is 0.457 e. The van der Waals surface area contributed by atoms with E-state index in [2.05, 4.69) is 0 Å². The summed E-state index contributed by atoms with van der Waals surface area (Å²) < 4.78 is 5.76. The summed E-state index contributed by atoms with van der Waals surface area (Å²) in [5, 5.41) is 0.